The molecule has 1 N–H and O–H groups in total. The molecule has 0 radical (unpaired) electrons. The van der Waals surface area contributed by atoms with Gasteiger partial charge in [0.2, 0.25) is 0 Å². The molecule has 1 aromatic heterocycles. The summed E-state index contributed by atoms with van der Waals surface area (Å²) >= 11 is 2.20. The molecule has 1 heterocycles. The molecule has 0 atom stereocenters. The Morgan fingerprint density at radius 3 is 2.60 bits per heavy atom. The molecule has 20 heavy (non-hydrogen) atoms. The summed E-state index contributed by atoms with van der Waals surface area (Å²) < 4.78 is 1.09. The highest BCUT2D eigenvalue weighted by Gasteiger charge is 2.14. The van der Waals surface area contributed by atoms with E-state index in [2.05, 4.69) is 33.6 Å². The van der Waals surface area contributed by atoms with Gasteiger partial charge in [-0.15, -0.1) is 0 Å². The number of nitrogens with one attached hydrogen (secondary N) is 1. The number of hydrogen-bond acceptors (Lipinski definition) is 2. The lowest BCUT2D eigenvalue weighted by Crippen LogP contribution is -2.00. The lowest BCUT2D eigenvalue weighted by atomic mass is 10.0. The number of carbonyl (C=O) groups excluding carboxylic acids is 1. The number of nitrogens with zero attached hydrogens (tertiary/aromatic N) is 1. The second-order valence-electron chi connectivity index (χ2n) is 4.41. The van der Waals surface area contributed by atoms with E-state index in [9.17, 15) is 4.79 Å². The monoisotopic (exact) mass is 372 g/mol. The van der Waals surface area contributed by atoms with E-state index in [0.717, 1.165) is 14.5 Å². The van der Waals surface area contributed by atoms with E-state index in [-0.39, 0.29) is 5.78 Å². The van der Waals surface area contributed by atoms with Gasteiger partial charge in [-0.05, 0) is 65.1 Å². The van der Waals surface area contributed by atoms with Gasteiger partial charge in [0.25, 0.3) is 0 Å². The first-order valence-corrected chi connectivity index (χ1v) is 7.08. The number of nitriles is 1. The predicted molar refractivity (Wildman–Crippen MR) is 85.6 cm³/mol. The molecule has 4 heteroatoms. The van der Waals surface area contributed by atoms with Crippen molar-refractivity contribution in [3.63, 3.8) is 0 Å². The summed E-state index contributed by atoms with van der Waals surface area (Å²) in [5.41, 5.74) is 2.65. The molecular formula is C16H9IN2O. The maximum absolute atomic E-state index is 12.5. The number of hydrogen-bond donors (Lipinski definition) is 1. The second-order valence-corrected chi connectivity index (χ2v) is 5.66. The van der Waals surface area contributed by atoms with Crippen molar-refractivity contribution in [2.45, 2.75) is 0 Å². The van der Waals surface area contributed by atoms with Crippen molar-refractivity contribution in [2.24, 2.45) is 0 Å². The normalized spacial score (nSPS) is 10.4. The Hall–Kier alpha value is -2.13. The lowest BCUT2D eigenvalue weighted by Gasteiger charge is -2.00. The van der Waals surface area contributed by atoms with Crippen LogP contribution in [0, 0.1) is 14.9 Å². The molecule has 3 nitrogen and oxygen atoms in total. The molecule has 0 saturated heterocycles. The van der Waals surface area contributed by atoms with Gasteiger partial charge in [0.05, 0.1) is 11.6 Å². The van der Waals surface area contributed by atoms with Crippen LogP contribution in [0.3, 0.4) is 0 Å². The van der Waals surface area contributed by atoms with Crippen molar-refractivity contribution in [3.05, 3.63) is 68.9 Å². The van der Waals surface area contributed by atoms with Crippen LogP contribution in [-0.2, 0) is 0 Å². The van der Waals surface area contributed by atoms with Crippen molar-refractivity contribution >= 4 is 39.3 Å². The third kappa shape index (κ3) is 2.21. The zero-order valence-electron chi connectivity index (χ0n) is 10.4. The first kappa shape index (κ1) is 12.9. The first-order valence-electron chi connectivity index (χ1n) is 6.00. The molecular weight excluding hydrogens is 363 g/mol. The standard InChI is InChI=1S/C16H9IN2O/c17-12-4-2-11(3-5-12)16(20)14-9-19-15-6-1-10(8-18)7-13(14)15/h1-7,9,19H. The third-order valence-electron chi connectivity index (χ3n) is 3.16. The van der Waals surface area contributed by atoms with Crippen LogP contribution in [0.2, 0.25) is 0 Å². The summed E-state index contributed by atoms with van der Waals surface area (Å²) in [5.74, 6) is -0.0391. The summed E-state index contributed by atoms with van der Waals surface area (Å²) in [7, 11) is 0. The topological polar surface area (TPSA) is 56.6 Å². The highest BCUT2D eigenvalue weighted by Crippen LogP contribution is 2.22. The molecule has 0 aliphatic heterocycles. The Bertz CT molecular complexity index is 841. The quantitative estimate of drug-likeness (QED) is 0.549. The summed E-state index contributed by atoms with van der Waals surface area (Å²) in [6.45, 7) is 0. The van der Waals surface area contributed by atoms with E-state index in [4.69, 9.17) is 5.26 Å². The number of carbonyl (C=O) groups is 1. The minimum Gasteiger partial charge on any atom is -0.360 e. The fraction of sp³-hybridized carbons (Fsp3) is 0. The van der Waals surface area contributed by atoms with Crippen molar-refractivity contribution in [1.82, 2.24) is 4.98 Å². The molecule has 3 rings (SSSR count). The second kappa shape index (κ2) is 5.10. The van der Waals surface area contributed by atoms with Gasteiger partial charge < -0.3 is 4.98 Å². The molecule has 2 aromatic carbocycles. The maximum Gasteiger partial charge on any atom is 0.195 e. The van der Waals surface area contributed by atoms with Gasteiger partial charge in [-0.2, -0.15) is 5.26 Å². The fourth-order valence-corrected chi connectivity index (χ4v) is 2.49. The van der Waals surface area contributed by atoms with Crippen molar-refractivity contribution < 1.29 is 4.79 Å². The molecule has 0 unspecified atom stereocenters. The van der Waals surface area contributed by atoms with E-state index in [1.54, 1.807) is 18.3 Å². The Morgan fingerprint density at radius 2 is 1.90 bits per heavy atom. The van der Waals surface area contributed by atoms with Crippen LogP contribution < -0.4 is 0 Å². The number of aromatic nitrogens is 1. The molecule has 96 valence electrons. The SMILES string of the molecule is N#Cc1ccc2[nH]cc(C(=O)c3ccc(I)cc3)c2c1. The molecule has 0 amide bonds. The van der Waals surface area contributed by atoms with Crippen LogP contribution in [0.25, 0.3) is 10.9 Å². The number of fused-ring (bicyclic) bond motifs is 1. The Kier molecular flexibility index (Phi) is 3.28. The Morgan fingerprint density at radius 1 is 1.15 bits per heavy atom. The molecule has 0 aliphatic carbocycles. The van der Waals surface area contributed by atoms with Gasteiger partial charge in [0.15, 0.2) is 5.78 Å². The van der Waals surface area contributed by atoms with Crippen molar-refractivity contribution in [2.75, 3.05) is 0 Å². The molecule has 0 saturated carbocycles. The van der Waals surface area contributed by atoms with Gasteiger partial charge in [-0.25, -0.2) is 0 Å². The molecule has 0 aliphatic rings. The van der Waals surface area contributed by atoms with Crippen molar-refractivity contribution in [3.8, 4) is 6.07 Å². The third-order valence-corrected chi connectivity index (χ3v) is 3.88. The average molecular weight is 372 g/mol. The number of aromatic amines is 1. The van der Waals surface area contributed by atoms with Gasteiger partial charge >= 0.3 is 0 Å². The summed E-state index contributed by atoms with van der Waals surface area (Å²) in [6.07, 6.45) is 1.70. The molecule has 0 spiro atoms. The van der Waals surface area contributed by atoms with Crippen molar-refractivity contribution in [1.29, 1.82) is 5.26 Å². The van der Waals surface area contributed by atoms with E-state index < -0.39 is 0 Å². The van der Waals surface area contributed by atoms with E-state index in [0.29, 0.717) is 16.7 Å². The highest BCUT2D eigenvalue weighted by atomic mass is 127. The van der Waals surface area contributed by atoms with Gasteiger partial charge in [0.1, 0.15) is 0 Å². The maximum atomic E-state index is 12.5. The Balaban J connectivity index is 2.12. The van der Waals surface area contributed by atoms with E-state index in [1.807, 2.05) is 30.3 Å². The highest BCUT2D eigenvalue weighted by molar-refractivity contribution is 14.1. The van der Waals surface area contributed by atoms with Crippen LogP contribution in [0.15, 0.2) is 48.7 Å². The van der Waals surface area contributed by atoms with Gasteiger partial charge in [-0.3, -0.25) is 4.79 Å². The number of halogens is 1. The Labute approximate surface area is 129 Å². The molecule has 0 bridgehead atoms. The number of H-pyrrole nitrogens is 1. The fourth-order valence-electron chi connectivity index (χ4n) is 2.13. The minimum atomic E-state index is -0.0391. The van der Waals surface area contributed by atoms with E-state index >= 15 is 0 Å². The summed E-state index contributed by atoms with van der Waals surface area (Å²) in [5, 5.41) is 9.75. The number of rotatable bonds is 2. The lowest BCUT2D eigenvalue weighted by molar-refractivity contribution is 0.104. The van der Waals surface area contributed by atoms with E-state index in [1.165, 1.54) is 0 Å². The van der Waals surface area contributed by atoms with Crippen LogP contribution in [0.1, 0.15) is 21.5 Å². The molecule has 0 fully saturated rings. The van der Waals surface area contributed by atoms with Crippen LogP contribution in [0.4, 0.5) is 0 Å². The zero-order valence-corrected chi connectivity index (χ0v) is 12.5. The number of ketones is 1. The predicted octanol–water partition coefficient (Wildman–Crippen LogP) is 3.88. The smallest absolute Gasteiger partial charge is 0.195 e. The summed E-state index contributed by atoms with van der Waals surface area (Å²) in [4.78, 5) is 15.6. The molecule has 3 aromatic rings. The zero-order chi connectivity index (χ0) is 14.1. The summed E-state index contributed by atoms with van der Waals surface area (Å²) in [6, 6.07) is 14.8. The van der Waals surface area contributed by atoms with Gasteiger partial charge in [0, 0.05) is 31.8 Å². The first-order chi connectivity index (χ1) is 9.69. The van der Waals surface area contributed by atoms with Crippen LogP contribution >= 0.6 is 22.6 Å². The van der Waals surface area contributed by atoms with Crippen LogP contribution in [0.5, 0.6) is 0 Å². The van der Waals surface area contributed by atoms with Gasteiger partial charge in [-0.1, -0.05) is 0 Å². The average Bonchev–Trinajstić information content (AvgIpc) is 2.90. The minimum absolute atomic E-state index is 0.0391. The van der Waals surface area contributed by atoms with Crippen LogP contribution in [-0.4, -0.2) is 10.8 Å². The largest absolute Gasteiger partial charge is 0.360 e. The number of benzene rings is 2.